The Kier molecular flexibility index (Phi) is 7.65. The second kappa shape index (κ2) is 9.75. The number of carbonyl (C=O) groups is 1. The number of ketones is 1. The highest BCUT2D eigenvalue weighted by Crippen LogP contribution is 2.24. The second-order valence-electron chi connectivity index (χ2n) is 5.56. The van der Waals surface area contributed by atoms with Crippen LogP contribution in [0.2, 0.25) is 10.0 Å². The number of aromatic amines is 1. The standard InChI is InChI=1S/C19H14Cl2N2O3S.H2O/c1-11-17(26-15-8-6-14(21)7-9-15)18(25)23-19(22-11)27-10-16(24)12-2-4-13(20)5-3-12;/h2-9H,10H2,1H3,(H,22,23,25);1H2. The molecular formula is C19H16Cl2N2O4S. The average molecular weight is 439 g/mol. The number of rotatable bonds is 6. The second-order valence-corrected chi connectivity index (χ2v) is 7.40. The van der Waals surface area contributed by atoms with Crippen molar-refractivity contribution in [3.05, 3.63) is 80.2 Å². The van der Waals surface area contributed by atoms with Crippen molar-refractivity contribution >= 4 is 40.7 Å². The zero-order valence-electron chi connectivity index (χ0n) is 14.7. The van der Waals surface area contributed by atoms with E-state index >= 15 is 0 Å². The van der Waals surface area contributed by atoms with Crippen LogP contribution < -0.4 is 10.3 Å². The molecule has 0 bridgehead atoms. The van der Waals surface area contributed by atoms with E-state index in [4.69, 9.17) is 27.9 Å². The van der Waals surface area contributed by atoms with E-state index in [0.717, 1.165) is 11.8 Å². The third-order valence-electron chi connectivity index (χ3n) is 3.56. The molecule has 3 N–H and O–H groups in total. The smallest absolute Gasteiger partial charge is 0.294 e. The van der Waals surface area contributed by atoms with Crippen molar-refractivity contribution in [3.63, 3.8) is 0 Å². The van der Waals surface area contributed by atoms with Gasteiger partial charge in [-0.2, -0.15) is 0 Å². The molecule has 0 amide bonds. The van der Waals surface area contributed by atoms with Crippen molar-refractivity contribution in [3.8, 4) is 11.5 Å². The fourth-order valence-corrected chi connectivity index (χ4v) is 3.26. The minimum absolute atomic E-state index is 0. The number of aryl methyl sites for hydroxylation is 1. The molecule has 0 aliphatic carbocycles. The molecule has 28 heavy (non-hydrogen) atoms. The molecule has 3 aromatic rings. The van der Waals surface area contributed by atoms with Crippen molar-refractivity contribution in [1.82, 2.24) is 9.97 Å². The van der Waals surface area contributed by atoms with Crippen LogP contribution in [0.25, 0.3) is 0 Å². The maximum atomic E-state index is 12.3. The zero-order valence-corrected chi connectivity index (χ0v) is 17.0. The van der Waals surface area contributed by atoms with Gasteiger partial charge in [-0.25, -0.2) is 4.98 Å². The predicted molar refractivity (Wildman–Crippen MR) is 111 cm³/mol. The van der Waals surface area contributed by atoms with Crippen LogP contribution >= 0.6 is 35.0 Å². The molecule has 9 heteroatoms. The van der Waals surface area contributed by atoms with E-state index in [1.165, 1.54) is 0 Å². The van der Waals surface area contributed by atoms with Crippen LogP contribution in [0.15, 0.2) is 58.5 Å². The van der Waals surface area contributed by atoms with Crippen LogP contribution in [0.5, 0.6) is 11.5 Å². The Hall–Kier alpha value is -2.32. The molecule has 0 aliphatic rings. The Labute approximate surface area is 175 Å². The van der Waals surface area contributed by atoms with Crippen LogP contribution in [-0.2, 0) is 0 Å². The van der Waals surface area contributed by atoms with Gasteiger partial charge in [-0.1, -0.05) is 35.0 Å². The van der Waals surface area contributed by atoms with Crippen molar-refractivity contribution in [2.45, 2.75) is 12.1 Å². The van der Waals surface area contributed by atoms with E-state index in [-0.39, 0.29) is 22.8 Å². The highest BCUT2D eigenvalue weighted by molar-refractivity contribution is 7.99. The monoisotopic (exact) mass is 438 g/mol. The molecule has 0 atom stereocenters. The Bertz CT molecular complexity index is 1020. The predicted octanol–water partition coefficient (Wildman–Crippen LogP) is 4.33. The molecule has 0 fully saturated rings. The first-order valence-electron chi connectivity index (χ1n) is 7.88. The van der Waals surface area contributed by atoms with Gasteiger partial charge in [0.25, 0.3) is 5.56 Å². The maximum absolute atomic E-state index is 12.3. The Balaban J connectivity index is 0.00000280. The van der Waals surface area contributed by atoms with Crippen molar-refractivity contribution in [1.29, 1.82) is 0 Å². The van der Waals surface area contributed by atoms with E-state index < -0.39 is 5.56 Å². The number of nitrogens with one attached hydrogen (secondary N) is 1. The first-order chi connectivity index (χ1) is 12.9. The molecule has 0 radical (unpaired) electrons. The van der Waals surface area contributed by atoms with Crippen molar-refractivity contribution < 1.29 is 15.0 Å². The summed E-state index contributed by atoms with van der Waals surface area (Å²) in [7, 11) is 0. The lowest BCUT2D eigenvalue weighted by Crippen LogP contribution is -2.14. The van der Waals surface area contributed by atoms with Gasteiger partial charge >= 0.3 is 0 Å². The van der Waals surface area contributed by atoms with Gasteiger partial charge in [0.15, 0.2) is 10.9 Å². The zero-order chi connectivity index (χ0) is 19.4. The largest absolute Gasteiger partial charge is 0.450 e. The summed E-state index contributed by atoms with van der Waals surface area (Å²) in [6, 6.07) is 13.3. The molecule has 0 spiro atoms. The molecule has 146 valence electrons. The Morgan fingerprint density at radius 1 is 1.07 bits per heavy atom. The summed E-state index contributed by atoms with van der Waals surface area (Å²) >= 11 is 12.8. The number of hydrogen-bond donors (Lipinski definition) is 1. The van der Waals surface area contributed by atoms with Gasteiger partial charge < -0.3 is 10.2 Å². The Morgan fingerprint density at radius 2 is 1.64 bits per heavy atom. The molecule has 1 heterocycles. The van der Waals surface area contributed by atoms with Crippen LogP contribution in [0.1, 0.15) is 16.1 Å². The van der Waals surface area contributed by atoms with E-state index in [9.17, 15) is 9.59 Å². The third kappa shape index (κ3) is 5.59. The number of halogens is 2. The normalized spacial score (nSPS) is 10.2. The number of nitrogens with zero attached hydrogens (tertiary/aromatic N) is 1. The van der Waals surface area contributed by atoms with Gasteiger partial charge in [0, 0.05) is 15.6 Å². The number of benzene rings is 2. The molecular weight excluding hydrogens is 423 g/mol. The number of thioether (sulfide) groups is 1. The number of H-pyrrole nitrogens is 1. The first-order valence-corrected chi connectivity index (χ1v) is 9.62. The van der Waals surface area contributed by atoms with Gasteiger partial charge in [-0.15, -0.1) is 0 Å². The van der Waals surface area contributed by atoms with Gasteiger partial charge in [0.2, 0.25) is 5.75 Å². The summed E-state index contributed by atoms with van der Waals surface area (Å²) < 4.78 is 5.60. The number of hydrogen-bond acceptors (Lipinski definition) is 5. The summed E-state index contributed by atoms with van der Waals surface area (Å²) in [4.78, 5) is 31.5. The van der Waals surface area contributed by atoms with Crippen LogP contribution in [0.4, 0.5) is 0 Å². The van der Waals surface area contributed by atoms with Gasteiger partial charge in [0.1, 0.15) is 5.75 Å². The number of ether oxygens (including phenoxy) is 1. The molecule has 1 aromatic heterocycles. The SMILES string of the molecule is Cc1nc(SCC(=O)c2ccc(Cl)cc2)[nH]c(=O)c1Oc1ccc(Cl)cc1.O. The van der Waals surface area contributed by atoms with Crippen LogP contribution in [0, 0.1) is 6.92 Å². The topological polar surface area (TPSA) is 104 Å². The summed E-state index contributed by atoms with van der Waals surface area (Å²) in [6.07, 6.45) is 0. The Morgan fingerprint density at radius 3 is 2.21 bits per heavy atom. The highest BCUT2D eigenvalue weighted by Gasteiger charge is 2.13. The lowest BCUT2D eigenvalue weighted by atomic mass is 10.1. The summed E-state index contributed by atoms with van der Waals surface area (Å²) in [5, 5.41) is 1.49. The minimum atomic E-state index is -0.418. The molecule has 0 saturated carbocycles. The minimum Gasteiger partial charge on any atom is -0.450 e. The molecule has 0 unspecified atom stereocenters. The first kappa shape index (κ1) is 22.0. The van der Waals surface area contributed by atoms with E-state index in [1.54, 1.807) is 55.5 Å². The molecule has 0 aliphatic heterocycles. The van der Waals surface area contributed by atoms with Crippen LogP contribution in [0.3, 0.4) is 0 Å². The summed E-state index contributed by atoms with van der Waals surface area (Å²) in [6.45, 7) is 1.67. The highest BCUT2D eigenvalue weighted by atomic mass is 35.5. The molecule has 2 aromatic carbocycles. The maximum Gasteiger partial charge on any atom is 0.294 e. The average Bonchev–Trinajstić information content (AvgIpc) is 2.65. The fourth-order valence-electron chi connectivity index (χ4n) is 2.21. The fraction of sp³-hybridized carbons (Fsp3) is 0.105. The van der Waals surface area contributed by atoms with Gasteiger partial charge in [0.05, 0.1) is 11.4 Å². The lowest BCUT2D eigenvalue weighted by Gasteiger charge is -2.09. The van der Waals surface area contributed by atoms with Crippen molar-refractivity contribution in [2.75, 3.05) is 5.75 Å². The van der Waals surface area contributed by atoms with Gasteiger partial charge in [-0.3, -0.25) is 14.6 Å². The molecule has 0 saturated heterocycles. The van der Waals surface area contributed by atoms with Gasteiger partial charge in [-0.05, 0) is 55.5 Å². The van der Waals surface area contributed by atoms with E-state index in [0.29, 0.717) is 32.2 Å². The van der Waals surface area contributed by atoms with E-state index in [2.05, 4.69) is 9.97 Å². The van der Waals surface area contributed by atoms with E-state index in [1.807, 2.05) is 0 Å². The lowest BCUT2D eigenvalue weighted by molar-refractivity contribution is 0.102. The quantitative estimate of drug-likeness (QED) is 0.350. The molecule has 6 nitrogen and oxygen atoms in total. The summed E-state index contributed by atoms with van der Waals surface area (Å²) in [5.74, 6) is 0.638. The molecule has 3 rings (SSSR count). The number of carbonyl (C=O) groups excluding carboxylic acids is 1. The number of Topliss-reactive ketones (excluding diaryl/α,β-unsaturated/α-hetero) is 1. The van der Waals surface area contributed by atoms with Crippen LogP contribution in [-0.4, -0.2) is 27.0 Å². The van der Waals surface area contributed by atoms with Crippen molar-refractivity contribution in [2.24, 2.45) is 0 Å². The number of aromatic nitrogens is 2. The third-order valence-corrected chi connectivity index (χ3v) is 4.94. The summed E-state index contributed by atoms with van der Waals surface area (Å²) in [5.41, 5.74) is 0.558.